The first-order valence-electron chi connectivity index (χ1n) is 5.35. The van der Waals surface area contributed by atoms with E-state index in [-0.39, 0.29) is 10.2 Å². The van der Waals surface area contributed by atoms with Crippen molar-refractivity contribution in [2.45, 2.75) is 5.03 Å². The van der Waals surface area contributed by atoms with Crippen LogP contribution in [0.15, 0.2) is 29.3 Å². The average molecular weight is 338 g/mol. The molecule has 0 fully saturated rings. The first-order chi connectivity index (χ1) is 9.06. The molecule has 0 atom stereocenters. The summed E-state index contributed by atoms with van der Waals surface area (Å²) in [4.78, 5) is 4.57. The third-order valence-electron chi connectivity index (χ3n) is 2.21. The zero-order chi connectivity index (χ0) is 13.9. The van der Waals surface area contributed by atoms with Crippen LogP contribution in [-0.2, 0) is 10.0 Å². The molecule has 0 amide bonds. The highest BCUT2D eigenvalue weighted by molar-refractivity contribution is 7.99. The van der Waals surface area contributed by atoms with Crippen molar-refractivity contribution in [3.63, 3.8) is 0 Å². The Kier molecular flexibility index (Phi) is 4.91. The molecule has 2 heterocycles. The molecule has 5 nitrogen and oxygen atoms in total. The Morgan fingerprint density at radius 1 is 1.63 bits per heavy atom. The van der Waals surface area contributed by atoms with Crippen LogP contribution in [0.5, 0.6) is 0 Å². The minimum absolute atomic E-state index is 0.000799. The second kappa shape index (κ2) is 6.27. The molecule has 0 aliphatic carbocycles. The number of sulfonamides is 1. The summed E-state index contributed by atoms with van der Waals surface area (Å²) >= 11 is 8.83. The SMILES string of the molecule is C=CCSCCNS(=O)(=O)c1c(Cl)nc2sccn12. The molecule has 2 aromatic heterocycles. The van der Waals surface area contributed by atoms with E-state index >= 15 is 0 Å². The Morgan fingerprint density at radius 2 is 2.42 bits per heavy atom. The van der Waals surface area contributed by atoms with Crippen molar-refractivity contribution in [1.29, 1.82) is 0 Å². The third kappa shape index (κ3) is 3.32. The summed E-state index contributed by atoms with van der Waals surface area (Å²) in [5.74, 6) is 1.47. The normalized spacial score (nSPS) is 12.1. The van der Waals surface area contributed by atoms with Crippen LogP contribution in [0.2, 0.25) is 5.15 Å². The zero-order valence-corrected chi connectivity index (χ0v) is 13.1. The molecule has 0 saturated heterocycles. The van der Waals surface area contributed by atoms with Crippen molar-refractivity contribution in [2.75, 3.05) is 18.1 Å². The van der Waals surface area contributed by atoms with E-state index in [4.69, 9.17) is 11.6 Å². The lowest BCUT2D eigenvalue weighted by molar-refractivity contribution is 0.579. The van der Waals surface area contributed by atoms with Gasteiger partial charge in [-0.2, -0.15) is 11.8 Å². The maximum Gasteiger partial charge on any atom is 0.259 e. The van der Waals surface area contributed by atoms with Gasteiger partial charge in [0.15, 0.2) is 15.1 Å². The van der Waals surface area contributed by atoms with E-state index in [0.29, 0.717) is 17.3 Å². The molecule has 2 aromatic rings. The topological polar surface area (TPSA) is 63.5 Å². The summed E-state index contributed by atoms with van der Waals surface area (Å²) in [6, 6.07) is 0. The predicted molar refractivity (Wildman–Crippen MR) is 80.8 cm³/mol. The number of imidazole rings is 1. The lowest BCUT2D eigenvalue weighted by Crippen LogP contribution is -2.27. The standard InChI is InChI=1S/C10H12ClN3O2S3/c1-2-5-17-6-3-12-19(15,16)9-8(11)13-10-14(9)4-7-18-10/h2,4,7,12H,1,3,5-6H2. The zero-order valence-electron chi connectivity index (χ0n) is 9.87. The van der Waals surface area contributed by atoms with Crippen molar-refractivity contribution in [2.24, 2.45) is 0 Å². The molecule has 0 bridgehead atoms. The molecule has 1 N–H and O–H groups in total. The smallest absolute Gasteiger partial charge is 0.259 e. The molecular formula is C10H12ClN3O2S3. The molecule has 2 rings (SSSR count). The number of halogens is 1. The monoisotopic (exact) mass is 337 g/mol. The van der Waals surface area contributed by atoms with Crippen LogP contribution in [0.4, 0.5) is 0 Å². The Bertz CT molecular complexity index is 677. The van der Waals surface area contributed by atoms with Gasteiger partial charge in [-0.3, -0.25) is 4.40 Å². The second-order valence-corrected chi connectivity index (χ2v) is 7.59. The molecule has 0 spiro atoms. The van der Waals surface area contributed by atoms with E-state index in [1.807, 2.05) is 0 Å². The fourth-order valence-corrected chi connectivity index (χ4v) is 4.65. The second-order valence-electron chi connectivity index (χ2n) is 3.52. The van der Waals surface area contributed by atoms with Crippen molar-refractivity contribution >= 4 is 49.7 Å². The Morgan fingerprint density at radius 3 is 3.16 bits per heavy atom. The lowest BCUT2D eigenvalue weighted by atomic mass is 10.8. The number of fused-ring (bicyclic) bond motifs is 1. The summed E-state index contributed by atoms with van der Waals surface area (Å²) in [7, 11) is -3.65. The van der Waals surface area contributed by atoms with Crippen molar-refractivity contribution in [3.8, 4) is 0 Å². The fourth-order valence-electron chi connectivity index (χ4n) is 1.46. The van der Waals surface area contributed by atoms with E-state index in [0.717, 1.165) is 5.75 Å². The number of hydrogen-bond acceptors (Lipinski definition) is 5. The maximum atomic E-state index is 12.2. The van der Waals surface area contributed by atoms with Crippen molar-refractivity contribution < 1.29 is 8.42 Å². The van der Waals surface area contributed by atoms with Gasteiger partial charge < -0.3 is 0 Å². The summed E-state index contributed by atoms with van der Waals surface area (Å²) in [5, 5.41) is 1.76. The van der Waals surface area contributed by atoms with Crippen LogP contribution in [0.3, 0.4) is 0 Å². The highest BCUT2D eigenvalue weighted by Crippen LogP contribution is 2.25. The maximum absolute atomic E-state index is 12.2. The average Bonchev–Trinajstić information content (AvgIpc) is 2.87. The molecule has 9 heteroatoms. The van der Waals surface area contributed by atoms with E-state index in [2.05, 4.69) is 16.3 Å². The van der Waals surface area contributed by atoms with Gasteiger partial charge in [0.1, 0.15) is 0 Å². The van der Waals surface area contributed by atoms with Crippen LogP contribution >= 0.6 is 34.7 Å². The molecule has 104 valence electrons. The summed E-state index contributed by atoms with van der Waals surface area (Å²) in [6.45, 7) is 3.94. The number of rotatable bonds is 7. The summed E-state index contributed by atoms with van der Waals surface area (Å²) < 4.78 is 28.4. The third-order valence-corrected chi connectivity index (χ3v) is 5.79. The molecular weight excluding hydrogens is 326 g/mol. The largest absolute Gasteiger partial charge is 0.279 e. The van der Waals surface area contributed by atoms with Crippen LogP contribution in [0.1, 0.15) is 0 Å². The molecule has 0 saturated carbocycles. The first-order valence-corrected chi connectivity index (χ1v) is 9.25. The minimum Gasteiger partial charge on any atom is -0.279 e. The van der Waals surface area contributed by atoms with Crippen LogP contribution < -0.4 is 4.72 Å². The van der Waals surface area contributed by atoms with Gasteiger partial charge in [0.25, 0.3) is 10.0 Å². The first kappa shape index (κ1) is 14.9. The van der Waals surface area contributed by atoms with E-state index < -0.39 is 10.0 Å². The number of nitrogens with one attached hydrogen (secondary N) is 1. The van der Waals surface area contributed by atoms with Crippen molar-refractivity contribution in [3.05, 3.63) is 29.4 Å². The number of thioether (sulfide) groups is 1. The Labute approximate surface area is 124 Å². The minimum atomic E-state index is -3.65. The summed E-state index contributed by atoms with van der Waals surface area (Å²) in [5.41, 5.74) is 0. The van der Waals surface area contributed by atoms with Crippen LogP contribution in [0.25, 0.3) is 4.96 Å². The van der Waals surface area contributed by atoms with Crippen LogP contribution in [-0.4, -0.2) is 35.9 Å². The van der Waals surface area contributed by atoms with Gasteiger partial charge in [0.2, 0.25) is 0 Å². The van der Waals surface area contributed by atoms with Gasteiger partial charge in [-0.05, 0) is 0 Å². The summed E-state index contributed by atoms with van der Waals surface area (Å²) in [6.07, 6.45) is 3.42. The van der Waals surface area contributed by atoms with Crippen LogP contribution in [0, 0.1) is 0 Å². The highest BCUT2D eigenvalue weighted by atomic mass is 35.5. The van der Waals surface area contributed by atoms with Gasteiger partial charge in [0.05, 0.1) is 0 Å². The lowest BCUT2D eigenvalue weighted by Gasteiger charge is -2.05. The molecule has 0 unspecified atom stereocenters. The Balaban J connectivity index is 2.13. The molecule has 0 aromatic carbocycles. The van der Waals surface area contributed by atoms with Gasteiger partial charge in [-0.15, -0.1) is 17.9 Å². The van der Waals surface area contributed by atoms with E-state index in [1.54, 1.807) is 29.4 Å². The molecule has 19 heavy (non-hydrogen) atoms. The fraction of sp³-hybridized carbons (Fsp3) is 0.300. The van der Waals surface area contributed by atoms with Gasteiger partial charge in [-0.25, -0.2) is 18.1 Å². The van der Waals surface area contributed by atoms with E-state index in [1.165, 1.54) is 15.7 Å². The predicted octanol–water partition coefficient (Wildman–Crippen LogP) is 2.25. The highest BCUT2D eigenvalue weighted by Gasteiger charge is 2.24. The molecule has 0 aliphatic rings. The number of hydrogen-bond donors (Lipinski definition) is 1. The number of aromatic nitrogens is 2. The van der Waals surface area contributed by atoms with Crippen molar-refractivity contribution in [1.82, 2.24) is 14.1 Å². The molecule has 0 radical (unpaired) electrons. The Hall–Kier alpha value is -0.540. The van der Waals surface area contributed by atoms with Gasteiger partial charge >= 0.3 is 0 Å². The van der Waals surface area contributed by atoms with Gasteiger partial charge in [0, 0.05) is 29.6 Å². The quantitative estimate of drug-likeness (QED) is 0.621. The van der Waals surface area contributed by atoms with Gasteiger partial charge in [-0.1, -0.05) is 17.7 Å². The number of nitrogens with zero attached hydrogens (tertiary/aromatic N) is 2. The van der Waals surface area contributed by atoms with E-state index in [9.17, 15) is 8.42 Å². The number of thiazole rings is 1. The molecule has 0 aliphatic heterocycles.